The first-order valence-corrected chi connectivity index (χ1v) is 25.2. The maximum absolute atomic E-state index is 11.8. The normalized spacial score (nSPS) is 21.6. The monoisotopic (exact) mass is 953 g/mol. The van der Waals surface area contributed by atoms with Crippen LogP contribution < -0.4 is 24.8 Å². The fourth-order valence-corrected chi connectivity index (χ4v) is 8.49. The largest absolute Gasteiger partial charge is 0.514 e. The fraction of sp³-hybridized carbons (Fsp3) is 0.458. The molecule has 9 rings (SSSR count). The molecule has 1 aliphatic heterocycles. The Morgan fingerprint density at radius 3 is 1.47 bits per heavy atom. The second-order valence-corrected chi connectivity index (χ2v) is 21.3. The quantitative estimate of drug-likeness (QED) is 0.0777. The first kappa shape index (κ1) is 52.0. The molecule has 4 fully saturated rings. The van der Waals surface area contributed by atoms with Gasteiger partial charge in [0.2, 0.25) is 0 Å². The Kier molecular flexibility index (Phi) is 18.0. The summed E-state index contributed by atoms with van der Waals surface area (Å²) >= 11 is 0. The lowest BCUT2D eigenvalue weighted by Gasteiger charge is -2.32. The number of piperazine rings is 1. The zero-order chi connectivity index (χ0) is 49.7. The van der Waals surface area contributed by atoms with E-state index in [1.165, 1.54) is 67.8 Å². The predicted molar refractivity (Wildman–Crippen MR) is 278 cm³/mol. The average Bonchev–Trinajstić information content (AvgIpc) is 4.27. The van der Waals surface area contributed by atoms with Crippen LogP contribution in [0.3, 0.4) is 0 Å². The van der Waals surface area contributed by atoms with Gasteiger partial charge in [-0.25, -0.2) is 9.59 Å². The number of ether oxygens (including phenoxy) is 5. The highest BCUT2D eigenvalue weighted by molar-refractivity contribution is 5.69. The van der Waals surface area contributed by atoms with Gasteiger partial charge in [-0.05, 0) is 144 Å². The van der Waals surface area contributed by atoms with Crippen LogP contribution in [0.5, 0.6) is 17.2 Å². The minimum absolute atomic E-state index is 0.0764. The summed E-state index contributed by atoms with van der Waals surface area (Å²) in [6.07, 6.45) is 2.34. The summed E-state index contributed by atoms with van der Waals surface area (Å²) in [5.41, 5.74) is 5.28. The van der Waals surface area contributed by atoms with Crippen molar-refractivity contribution in [1.29, 1.82) is 0 Å². The van der Waals surface area contributed by atoms with Crippen LogP contribution in [0.1, 0.15) is 113 Å². The van der Waals surface area contributed by atoms with E-state index in [1.54, 1.807) is 32.9 Å². The van der Waals surface area contributed by atoms with E-state index in [2.05, 4.69) is 107 Å². The molecule has 0 spiro atoms. The molecule has 70 heavy (non-hydrogen) atoms. The van der Waals surface area contributed by atoms with Gasteiger partial charge < -0.3 is 39.2 Å². The number of carbonyl (C=O) groups excluding carboxylic acids is 2. The molecule has 5 aromatic rings. The van der Waals surface area contributed by atoms with Gasteiger partial charge >= 0.3 is 12.2 Å². The number of rotatable bonds is 15. The summed E-state index contributed by atoms with van der Waals surface area (Å²) in [6.45, 7) is 21.5. The van der Waals surface area contributed by atoms with E-state index in [-0.39, 0.29) is 12.0 Å². The molecule has 3 aliphatic carbocycles. The highest BCUT2D eigenvalue weighted by Crippen LogP contribution is 2.47. The summed E-state index contributed by atoms with van der Waals surface area (Å²) in [5.74, 6) is 4.90. The number of likely N-dealkylation sites (N-methyl/N-ethyl adjacent to an activating group) is 1. The van der Waals surface area contributed by atoms with Gasteiger partial charge in [0, 0.05) is 63.2 Å². The maximum atomic E-state index is 11.8. The lowest BCUT2D eigenvalue weighted by atomic mass is 10.1. The Morgan fingerprint density at radius 1 is 0.557 bits per heavy atom. The second-order valence-electron chi connectivity index (χ2n) is 21.3. The van der Waals surface area contributed by atoms with E-state index in [0.29, 0.717) is 30.9 Å². The standard InChI is InChI=1S/C23H31N3O.C19H27NO5.C17H18O/c1-25-13-15-26(16-14-25)12-11-24-23-17-22(23)20-7-9-21(10-8-20)27-18-19-5-3-2-4-6-19;1-18(2,3)24-16(21)20-15-11-14(15)12-7-9-13(10-8-12)23-17(22)25-19(4,5)6;1-13-11-17(13)15-7-9-16(10-8-15)18-12-14-5-3-2-4-6-14/h2-10,22-24H,11-18H2,1H3;7-10,14-15H,11H2,1-6H3,(H,20,21);2-10,13,17H,11-12H2,1H3/t22-,23+;14-,15+;13-,17-/m001/s1. The number of alkyl carbamates (subject to hydrolysis) is 1. The second kappa shape index (κ2) is 24.3. The van der Waals surface area contributed by atoms with E-state index >= 15 is 0 Å². The van der Waals surface area contributed by atoms with Crippen molar-refractivity contribution in [1.82, 2.24) is 20.4 Å². The van der Waals surface area contributed by atoms with Crippen LogP contribution in [-0.2, 0) is 22.7 Å². The summed E-state index contributed by atoms with van der Waals surface area (Å²) in [5, 5.41) is 6.60. The molecule has 0 unspecified atom stereocenters. The first-order valence-electron chi connectivity index (χ1n) is 25.2. The van der Waals surface area contributed by atoms with Gasteiger partial charge in [0.15, 0.2) is 0 Å². The van der Waals surface area contributed by atoms with Crippen molar-refractivity contribution >= 4 is 12.2 Å². The average molecular weight is 953 g/mol. The number of nitrogens with one attached hydrogen (secondary N) is 2. The SMILES string of the molecule is CC(C)(C)OC(=O)N[C@@H]1C[C@H]1c1ccc(OC(=O)OC(C)(C)C)cc1.CN1CCN(CCN[C@@H]2C[C@H]2c2ccc(OCc3ccccc3)cc2)CC1.C[C@@H]1C[C@H]1c1ccc(OCc2ccccc2)cc1. The van der Waals surface area contributed by atoms with E-state index in [4.69, 9.17) is 23.7 Å². The molecule has 2 N–H and O–H groups in total. The molecule has 4 aliphatic rings. The third-order valence-electron chi connectivity index (χ3n) is 12.8. The van der Waals surface area contributed by atoms with Gasteiger partial charge in [-0.1, -0.05) is 104 Å². The number of hydrogen-bond acceptors (Lipinski definition) is 10. The molecular weight excluding hydrogens is 877 g/mol. The Bertz CT molecular complexity index is 2360. The van der Waals surface area contributed by atoms with Crippen LogP contribution in [0.4, 0.5) is 9.59 Å². The Balaban J connectivity index is 0.000000158. The van der Waals surface area contributed by atoms with Gasteiger partial charge in [-0.2, -0.15) is 0 Å². The highest BCUT2D eigenvalue weighted by Gasteiger charge is 2.41. The van der Waals surface area contributed by atoms with Crippen LogP contribution in [0.15, 0.2) is 133 Å². The molecule has 11 nitrogen and oxygen atoms in total. The van der Waals surface area contributed by atoms with Crippen molar-refractivity contribution in [2.45, 2.75) is 122 Å². The molecule has 11 heteroatoms. The summed E-state index contributed by atoms with van der Waals surface area (Å²) < 4.78 is 27.2. The Hall–Kier alpha value is -5.88. The molecular formula is C59H76N4O7. The van der Waals surface area contributed by atoms with Crippen molar-refractivity contribution in [3.05, 3.63) is 161 Å². The topological polar surface area (TPSA) is 111 Å². The summed E-state index contributed by atoms with van der Waals surface area (Å²) in [6, 6.07) is 45.8. The van der Waals surface area contributed by atoms with Gasteiger partial charge in [0.25, 0.3) is 0 Å². The zero-order valence-electron chi connectivity index (χ0n) is 42.7. The fourth-order valence-electron chi connectivity index (χ4n) is 8.49. The van der Waals surface area contributed by atoms with Gasteiger partial charge in [0.05, 0.1) is 0 Å². The zero-order valence-corrected chi connectivity index (χ0v) is 42.7. The molecule has 3 saturated carbocycles. The minimum Gasteiger partial charge on any atom is -0.489 e. The molecule has 0 bridgehead atoms. The van der Waals surface area contributed by atoms with Gasteiger partial charge in [0.1, 0.15) is 41.7 Å². The Labute approximate surface area is 417 Å². The molecule has 1 saturated heterocycles. The summed E-state index contributed by atoms with van der Waals surface area (Å²) in [4.78, 5) is 28.4. The lowest BCUT2D eigenvalue weighted by molar-refractivity contribution is 0.0205. The molecule has 0 radical (unpaired) electrons. The van der Waals surface area contributed by atoms with Crippen molar-refractivity contribution in [3.63, 3.8) is 0 Å². The molecule has 0 aromatic heterocycles. The summed E-state index contributed by atoms with van der Waals surface area (Å²) in [7, 11) is 2.21. The van der Waals surface area contributed by atoms with Crippen molar-refractivity contribution < 1.29 is 33.3 Å². The Morgan fingerprint density at radius 2 is 1.00 bits per heavy atom. The van der Waals surface area contributed by atoms with Crippen molar-refractivity contribution in [3.8, 4) is 17.2 Å². The maximum Gasteiger partial charge on any atom is 0.514 e. The predicted octanol–water partition coefficient (Wildman–Crippen LogP) is 11.7. The van der Waals surface area contributed by atoms with Gasteiger partial charge in [-0.3, -0.25) is 4.90 Å². The third-order valence-corrected chi connectivity index (χ3v) is 12.8. The molecule has 6 atom stereocenters. The molecule has 5 aromatic carbocycles. The number of amides is 1. The minimum atomic E-state index is -0.726. The number of hydrogen-bond donors (Lipinski definition) is 2. The van der Waals surface area contributed by atoms with E-state index < -0.39 is 23.5 Å². The number of carbonyl (C=O) groups is 2. The van der Waals surface area contributed by atoms with Gasteiger partial charge in [-0.15, -0.1) is 0 Å². The van der Waals surface area contributed by atoms with Crippen LogP contribution in [-0.4, -0.2) is 91.7 Å². The molecule has 374 valence electrons. The van der Waals surface area contributed by atoms with Crippen LogP contribution in [0, 0.1) is 5.92 Å². The van der Waals surface area contributed by atoms with Crippen LogP contribution in [0.25, 0.3) is 0 Å². The van der Waals surface area contributed by atoms with Crippen LogP contribution >= 0.6 is 0 Å². The van der Waals surface area contributed by atoms with Crippen LogP contribution in [0.2, 0.25) is 0 Å². The lowest BCUT2D eigenvalue weighted by Crippen LogP contribution is -2.46. The third kappa shape index (κ3) is 17.8. The van der Waals surface area contributed by atoms with Crippen molar-refractivity contribution in [2.24, 2.45) is 5.92 Å². The smallest absolute Gasteiger partial charge is 0.489 e. The van der Waals surface area contributed by atoms with E-state index in [0.717, 1.165) is 41.9 Å². The van der Waals surface area contributed by atoms with E-state index in [9.17, 15) is 9.59 Å². The van der Waals surface area contributed by atoms with E-state index in [1.807, 2.05) is 69.3 Å². The number of nitrogens with zero attached hydrogens (tertiary/aromatic N) is 2. The first-order chi connectivity index (χ1) is 33.5. The molecule has 1 heterocycles. The molecule has 1 amide bonds. The highest BCUT2D eigenvalue weighted by atomic mass is 16.7. The van der Waals surface area contributed by atoms with Crippen molar-refractivity contribution in [2.75, 3.05) is 46.3 Å². The number of benzene rings is 5.